The second-order valence-electron chi connectivity index (χ2n) is 8.58. The molecule has 2 N–H and O–H groups in total. The van der Waals surface area contributed by atoms with Crippen molar-refractivity contribution in [2.24, 2.45) is 12.0 Å². The summed E-state index contributed by atoms with van der Waals surface area (Å²) >= 11 is 0. The first-order valence-electron chi connectivity index (χ1n) is 11.2. The van der Waals surface area contributed by atoms with Gasteiger partial charge in [-0.25, -0.2) is 0 Å². The zero-order chi connectivity index (χ0) is 21.5. The Morgan fingerprint density at radius 3 is 2.61 bits per heavy atom. The standard InChI is InChI=1S/C24H38N6.HI/c1-18(15-23-19(2)28-29(5)20(23)3)27-24(25-4)26-16-22-13-9-10-14-30(22)17-21-11-7-6-8-12-21;/h6-8,11-12,18,22H,9-10,13-17H2,1-5H3,(H2,25,26,27);1H. The molecule has 0 spiro atoms. The second-order valence-corrected chi connectivity index (χ2v) is 8.58. The largest absolute Gasteiger partial charge is 0.355 e. The Hall–Kier alpha value is -1.61. The van der Waals surface area contributed by atoms with Gasteiger partial charge in [0.15, 0.2) is 5.96 Å². The molecule has 1 aromatic heterocycles. The van der Waals surface area contributed by atoms with Gasteiger partial charge in [-0.2, -0.15) is 5.10 Å². The molecule has 2 aromatic rings. The Balaban J connectivity index is 0.00000341. The highest BCUT2D eigenvalue weighted by atomic mass is 127. The van der Waals surface area contributed by atoms with Crippen molar-refractivity contribution in [1.29, 1.82) is 0 Å². The van der Waals surface area contributed by atoms with Gasteiger partial charge in [0.05, 0.1) is 5.69 Å². The molecule has 0 aliphatic carbocycles. The van der Waals surface area contributed by atoms with Crippen LogP contribution in [0.3, 0.4) is 0 Å². The number of hydrogen-bond acceptors (Lipinski definition) is 3. The van der Waals surface area contributed by atoms with Crippen LogP contribution in [0.15, 0.2) is 35.3 Å². The van der Waals surface area contributed by atoms with E-state index in [1.807, 2.05) is 18.8 Å². The molecular weight excluding hydrogens is 499 g/mol. The van der Waals surface area contributed by atoms with E-state index in [0.29, 0.717) is 6.04 Å². The lowest BCUT2D eigenvalue weighted by atomic mass is 10.0. The lowest BCUT2D eigenvalue weighted by Gasteiger charge is -2.36. The van der Waals surface area contributed by atoms with Crippen molar-refractivity contribution in [2.45, 2.75) is 65.1 Å². The Morgan fingerprint density at radius 2 is 1.97 bits per heavy atom. The highest BCUT2D eigenvalue weighted by molar-refractivity contribution is 14.0. The maximum atomic E-state index is 4.54. The minimum absolute atomic E-state index is 0. The van der Waals surface area contributed by atoms with Gasteiger partial charge in [0, 0.05) is 45.0 Å². The van der Waals surface area contributed by atoms with Crippen LogP contribution in [-0.4, -0.2) is 52.9 Å². The van der Waals surface area contributed by atoms with Crippen molar-refractivity contribution < 1.29 is 0 Å². The van der Waals surface area contributed by atoms with E-state index in [-0.39, 0.29) is 30.0 Å². The summed E-state index contributed by atoms with van der Waals surface area (Å²) in [5.41, 5.74) is 5.07. The molecule has 1 saturated heterocycles. The average molecular weight is 539 g/mol. The highest BCUT2D eigenvalue weighted by Crippen LogP contribution is 2.19. The average Bonchev–Trinajstić information content (AvgIpc) is 2.98. The van der Waals surface area contributed by atoms with Gasteiger partial charge in [0.2, 0.25) is 0 Å². The van der Waals surface area contributed by atoms with Gasteiger partial charge in [-0.05, 0) is 57.7 Å². The molecule has 7 heteroatoms. The van der Waals surface area contributed by atoms with Crippen molar-refractivity contribution in [2.75, 3.05) is 20.1 Å². The Labute approximate surface area is 204 Å². The Bertz CT molecular complexity index is 832. The maximum Gasteiger partial charge on any atom is 0.191 e. The van der Waals surface area contributed by atoms with E-state index in [1.54, 1.807) is 0 Å². The van der Waals surface area contributed by atoms with E-state index < -0.39 is 0 Å². The minimum atomic E-state index is 0. The van der Waals surface area contributed by atoms with E-state index in [1.165, 1.54) is 42.6 Å². The van der Waals surface area contributed by atoms with E-state index in [2.05, 4.69) is 76.7 Å². The summed E-state index contributed by atoms with van der Waals surface area (Å²) in [5.74, 6) is 0.881. The fourth-order valence-electron chi connectivity index (χ4n) is 4.43. The van der Waals surface area contributed by atoms with Gasteiger partial charge < -0.3 is 10.6 Å². The SMILES string of the molecule is CN=C(NCC1CCCCN1Cc1ccccc1)NC(C)Cc1c(C)nn(C)c1C.I. The molecule has 0 saturated carbocycles. The molecule has 2 heterocycles. The van der Waals surface area contributed by atoms with Crippen LogP contribution in [0.1, 0.15) is 48.7 Å². The lowest BCUT2D eigenvalue weighted by Crippen LogP contribution is -2.50. The van der Waals surface area contributed by atoms with Crippen molar-refractivity contribution in [3.8, 4) is 0 Å². The number of guanidine groups is 1. The van der Waals surface area contributed by atoms with Crippen LogP contribution in [0.25, 0.3) is 0 Å². The van der Waals surface area contributed by atoms with Crippen LogP contribution >= 0.6 is 24.0 Å². The molecule has 2 atom stereocenters. The fraction of sp³-hybridized carbons (Fsp3) is 0.583. The van der Waals surface area contributed by atoms with Crippen LogP contribution < -0.4 is 10.6 Å². The predicted molar refractivity (Wildman–Crippen MR) is 140 cm³/mol. The summed E-state index contributed by atoms with van der Waals surface area (Å²) in [7, 11) is 3.86. The summed E-state index contributed by atoms with van der Waals surface area (Å²) < 4.78 is 1.97. The van der Waals surface area contributed by atoms with Crippen molar-refractivity contribution in [3.05, 3.63) is 52.8 Å². The van der Waals surface area contributed by atoms with Crippen molar-refractivity contribution in [3.63, 3.8) is 0 Å². The van der Waals surface area contributed by atoms with E-state index in [4.69, 9.17) is 0 Å². The topological polar surface area (TPSA) is 57.5 Å². The number of aromatic nitrogens is 2. The maximum absolute atomic E-state index is 4.54. The number of hydrogen-bond donors (Lipinski definition) is 2. The highest BCUT2D eigenvalue weighted by Gasteiger charge is 2.23. The first-order valence-corrected chi connectivity index (χ1v) is 11.2. The van der Waals surface area contributed by atoms with Gasteiger partial charge in [-0.1, -0.05) is 36.8 Å². The van der Waals surface area contributed by atoms with Crippen molar-refractivity contribution in [1.82, 2.24) is 25.3 Å². The van der Waals surface area contributed by atoms with Crippen LogP contribution in [0.5, 0.6) is 0 Å². The van der Waals surface area contributed by atoms with E-state index in [0.717, 1.165) is 31.2 Å². The van der Waals surface area contributed by atoms with Gasteiger partial charge in [-0.3, -0.25) is 14.6 Å². The number of halogens is 1. The van der Waals surface area contributed by atoms with Crippen LogP contribution in [-0.2, 0) is 20.0 Å². The summed E-state index contributed by atoms with van der Waals surface area (Å²) in [6, 6.07) is 11.6. The third kappa shape index (κ3) is 7.20. The number of rotatable bonds is 7. The second kappa shape index (κ2) is 12.4. The summed E-state index contributed by atoms with van der Waals surface area (Å²) in [6.07, 6.45) is 4.77. The number of nitrogens with zero attached hydrogens (tertiary/aromatic N) is 4. The molecule has 1 aliphatic heterocycles. The van der Waals surface area contributed by atoms with Gasteiger partial charge in [-0.15, -0.1) is 24.0 Å². The zero-order valence-electron chi connectivity index (χ0n) is 19.7. The van der Waals surface area contributed by atoms with Gasteiger partial charge in [0.1, 0.15) is 0 Å². The van der Waals surface area contributed by atoms with Crippen LogP contribution in [0, 0.1) is 13.8 Å². The Kier molecular flexibility index (Phi) is 10.3. The molecule has 6 nitrogen and oxygen atoms in total. The quantitative estimate of drug-likeness (QED) is 0.320. The molecule has 0 amide bonds. The Morgan fingerprint density at radius 1 is 1.23 bits per heavy atom. The summed E-state index contributed by atoms with van der Waals surface area (Å²) in [5, 5.41) is 11.7. The molecule has 0 radical (unpaired) electrons. The molecule has 1 aliphatic rings. The third-order valence-corrected chi connectivity index (χ3v) is 6.26. The minimum Gasteiger partial charge on any atom is -0.355 e. The number of benzene rings is 1. The number of aryl methyl sites for hydroxylation is 2. The third-order valence-electron chi connectivity index (χ3n) is 6.26. The van der Waals surface area contributed by atoms with Crippen LogP contribution in [0.4, 0.5) is 0 Å². The summed E-state index contributed by atoms with van der Waals surface area (Å²) in [4.78, 5) is 7.08. The summed E-state index contributed by atoms with van der Waals surface area (Å²) in [6.45, 7) is 9.55. The zero-order valence-corrected chi connectivity index (χ0v) is 22.0. The predicted octanol–water partition coefficient (Wildman–Crippen LogP) is 3.81. The first kappa shape index (κ1) is 25.6. The van der Waals surface area contributed by atoms with Crippen LogP contribution in [0.2, 0.25) is 0 Å². The normalized spacial score (nSPS) is 18.4. The molecule has 31 heavy (non-hydrogen) atoms. The molecule has 1 fully saturated rings. The fourth-order valence-corrected chi connectivity index (χ4v) is 4.43. The monoisotopic (exact) mass is 538 g/mol. The number of nitrogens with one attached hydrogen (secondary N) is 2. The first-order chi connectivity index (χ1) is 14.5. The van der Waals surface area contributed by atoms with Gasteiger partial charge in [0.25, 0.3) is 0 Å². The number of likely N-dealkylation sites (tertiary alicyclic amines) is 1. The number of aliphatic imine (C=N–C) groups is 1. The van der Waals surface area contributed by atoms with Gasteiger partial charge >= 0.3 is 0 Å². The molecule has 172 valence electrons. The van der Waals surface area contributed by atoms with E-state index in [9.17, 15) is 0 Å². The molecule has 0 bridgehead atoms. The molecule has 1 aromatic carbocycles. The molecule has 3 rings (SSSR count). The smallest absolute Gasteiger partial charge is 0.191 e. The van der Waals surface area contributed by atoms with Crippen molar-refractivity contribution >= 4 is 29.9 Å². The molecular formula is C24H39IN6. The molecule has 2 unspecified atom stereocenters. The lowest BCUT2D eigenvalue weighted by molar-refractivity contribution is 0.141. The van der Waals surface area contributed by atoms with E-state index >= 15 is 0 Å². The number of piperidine rings is 1.